The Kier molecular flexibility index (Phi) is 5.45. The van der Waals surface area contributed by atoms with Crippen molar-refractivity contribution in [2.75, 3.05) is 0 Å². The predicted octanol–water partition coefficient (Wildman–Crippen LogP) is 4.58. The molecule has 1 aliphatic heterocycles. The van der Waals surface area contributed by atoms with E-state index in [9.17, 15) is 4.79 Å². The molecule has 1 aromatic carbocycles. The Morgan fingerprint density at radius 1 is 1.21 bits per heavy atom. The average molecular weight is 413 g/mol. The Bertz CT molecular complexity index is 977. The van der Waals surface area contributed by atoms with Crippen molar-refractivity contribution in [2.24, 2.45) is 5.10 Å². The van der Waals surface area contributed by atoms with E-state index in [4.69, 9.17) is 16.0 Å². The number of amides is 1. The number of furan rings is 1. The fourth-order valence-electron chi connectivity index (χ4n) is 2.97. The summed E-state index contributed by atoms with van der Waals surface area (Å²) in [5.41, 5.74) is 1.75. The van der Waals surface area contributed by atoms with Gasteiger partial charge in [-0.1, -0.05) is 35.5 Å². The topological polar surface area (TPSA) is 71.6 Å². The number of rotatable bonds is 5. The van der Waals surface area contributed by atoms with Crippen LogP contribution in [0.4, 0.5) is 0 Å². The number of halogens is 1. The maximum Gasteiger partial charge on any atom is 0.256 e. The van der Waals surface area contributed by atoms with Gasteiger partial charge < -0.3 is 4.42 Å². The highest BCUT2D eigenvalue weighted by atomic mass is 35.5. The Morgan fingerprint density at radius 3 is 2.64 bits per heavy atom. The first kappa shape index (κ1) is 18.7. The molecule has 0 fully saturated rings. The lowest BCUT2D eigenvalue weighted by Crippen LogP contribution is -2.33. The molecular formula is C20H17ClN4O2S. The average Bonchev–Trinajstić information content (AvgIpc) is 3.38. The van der Waals surface area contributed by atoms with Gasteiger partial charge in [0, 0.05) is 23.8 Å². The third-order valence-corrected chi connectivity index (χ3v) is 5.59. The number of hydrogen-bond donors (Lipinski definition) is 0. The van der Waals surface area contributed by atoms with E-state index in [1.165, 1.54) is 16.8 Å². The van der Waals surface area contributed by atoms with Gasteiger partial charge in [-0.05, 0) is 42.8 Å². The summed E-state index contributed by atoms with van der Waals surface area (Å²) in [6, 6.07) is 12.6. The number of nitrogens with zero attached hydrogens (tertiary/aromatic N) is 4. The zero-order valence-electron chi connectivity index (χ0n) is 15.0. The van der Waals surface area contributed by atoms with Crippen LogP contribution in [0.25, 0.3) is 0 Å². The van der Waals surface area contributed by atoms with E-state index in [1.54, 1.807) is 24.7 Å². The van der Waals surface area contributed by atoms with E-state index < -0.39 is 5.25 Å². The van der Waals surface area contributed by atoms with Gasteiger partial charge >= 0.3 is 0 Å². The summed E-state index contributed by atoms with van der Waals surface area (Å²) < 4.78 is 5.58. The summed E-state index contributed by atoms with van der Waals surface area (Å²) in [7, 11) is 0. The lowest BCUT2D eigenvalue weighted by molar-refractivity contribution is -0.132. The number of benzene rings is 1. The second-order valence-electron chi connectivity index (χ2n) is 6.26. The van der Waals surface area contributed by atoms with Gasteiger partial charge in [-0.2, -0.15) is 5.10 Å². The van der Waals surface area contributed by atoms with Crippen molar-refractivity contribution in [3.63, 3.8) is 0 Å². The second-order valence-corrected chi connectivity index (χ2v) is 8.01. The maximum absolute atomic E-state index is 13.2. The first-order valence-corrected chi connectivity index (χ1v) is 10.0. The Labute approximate surface area is 171 Å². The van der Waals surface area contributed by atoms with Crippen molar-refractivity contribution in [3.8, 4) is 0 Å². The van der Waals surface area contributed by atoms with Gasteiger partial charge in [0.1, 0.15) is 11.8 Å². The minimum Gasteiger partial charge on any atom is -0.467 e. The molecule has 0 spiro atoms. The van der Waals surface area contributed by atoms with Gasteiger partial charge in [0.05, 0.1) is 17.2 Å². The molecule has 0 unspecified atom stereocenters. The van der Waals surface area contributed by atoms with Crippen LogP contribution in [0.1, 0.15) is 30.7 Å². The molecule has 8 heteroatoms. The normalized spacial score (nSPS) is 17.4. The molecule has 142 valence electrons. The standard InChI is InChI=1S/C20H17ClN4O2S/c1-13(28-20-22-9-3-10-23-20)19(26)25-17(18-4-2-11-27-18)12-16(24-25)14-5-7-15(21)8-6-14/h2-11,13,17H,12H2,1H3/t13-,17+/m1/s1. The second kappa shape index (κ2) is 8.16. The van der Waals surface area contributed by atoms with Crippen molar-refractivity contribution >= 4 is 35.0 Å². The summed E-state index contributed by atoms with van der Waals surface area (Å²) in [5, 5.41) is 6.97. The van der Waals surface area contributed by atoms with Gasteiger partial charge in [-0.15, -0.1) is 0 Å². The Hall–Kier alpha value is -2.64. The van der Waals surface area contributed by atoms with Crippen LogP contribution in [-0.4, -0.2) is 31.8 Å². The molecule has 0 saturated carbocycles. The largest absolute Gasteiger partial charge is 0.467 e. The van der Waals surface area contributed by atoms with E-state index in [0.717, 1.165) is 11.3 Å². The van der Waals surface area contributed by atoms with Crippen LogP contribution in [0.15, 0.2) is 75.8 Å². The molecule has 0 bridgehead atoms. The third kappa shape index (κ3) is 3.95. The smallest absolute Gasteiger partial charge is 0.256 e. The van der Waals surface area contributed by atoms with Crippen LogP contribution in [0.3, 0.4) is 0 Å². The van der Waals surface area contributed by atoms with Gasteiger partial charge in [0.25, 0.3) is 5.91 Å². The van der Waals surface area contributed by atoms with Gasteiger partial charge in [0.2, 0.25) is 0 Å². The van der Waals surface area contributed by atoms with Gasteiger partial charge in [-0.25, -0.2) is 15.0 Å². The zero-order valence-corrected chi connectivity index (χ0v) is 16.6. The fraction of sp³-hybridized carbons (Fsp3) is 0.200. The fourth-order valence-corrected chi connectivity index (χ4v) is 3.87. The summed E-state index contributed by atoms with van der Waals surface area (Å²) in [4.78, 5) is 21.5. The number of carbonyl (C=O) groups is 1. The number of aromatic nitrogens is 2. The van der Waals surface area contributed by atoms with Crippen molar-refractivity contribution in [1.29, 1.82) is 0 Å². The van der Waals surface area contributed by atoms with E-state index in [2.05, 4.69) is 15.1 Å². The molecule has 28 heavy (non-hydrogen) atoms. The lowest BCUT2D eigenvalue weighted by atomic mass is 10.0. The third-order valence-electron chi connectivity index (χ3n) is 4.36. The molecule has 2 atom stereocenters. The minimum absolute atomic E-state index is 0.122. The summed E-state index contributed by atoms with van der Waals surface area (Å²) >= 11 is 7.30. The number of hydrogen-bond acceptors (Lipinski definition) is 6. The van der Waals surface area contributed by atoms with Crippen LogP contribution in [-0.2, 0) is 4.79 Å². The van der Waals surface area contributed by atoms with Crippen molar-refractivity contribution in [3.05, 3.63) is 77.5 Å². The molecule has 3 aromatic rings. The van der Waals surface area contributed by atoms with Crippen LogP contribution in [0, 0.1) is 0 Å². The number of thioether (sulfide) groups is 1. The molecule has 2 aromatic heterocycles. The number of carbonyl (C=O) groups excluding carboxylic acids is 1. The molecule has 1 amide bonds. The lowest BCUT2D eigenvalue weighted by Gasteiger charge is -2.22. The highest BCUT2D eigenvalue weighted by Crippen LogP contribution is 2.35. The quantitative estimate of drug-likeness (QED) is 0.453. The first-order chi connectivity index (χ1) is 13.6. The molecule has 0 radical (unpaired) electrons. The van der Waals surface area contributed by atoms with Gasteiger partial charge in [-0.3, -0.25) is 4.79 Å². The first-order valence-electron chi connectivity index (χ1n) is 8.75. The molecule has 3 heterocycles. The van der Waals surface area contributed by atoms with Crippen molar-refractivity contribution in [2.45, 2.75) is 29.8 Å². The van der Waals surface area contributed by atoms with Crippen molar-refractivity contribution < 1.29 is 9.21 Å². The van der Waals surface area contributed by atoms with Crippen LogP contribution in [0.5, 0.6) is 0 Å². The summed E-state index contributed by atoms with van der Waals surface area (Å²) in [6.45, 7) is 1.83. The van der Waals surface area contributed by atoms with Crippen LogP contribution in [0.2, 0.25) is 5.02 Å². The maximum atomic E-state index is 13.2. The van der Waals surface area contributed by atoms with E-state index >= 15 is 0 Å². The Balaban J connectivity index is 1.60. The number of hydrazone groups is 1. The SMILES string of the molecule is C[C@@H](Sc1ncccn1)C(=O)N1N=C(c2ccc(Cl)cc2)C[C@H]1c1ccco1. The van der Waals surface area contributed by atoms with Crippen molar-refractivity contribution in [1.82, 2.24) is 15.0 Å². The van der Waals surface area contributed by atoms with Crippen LogP contribution >= 0.6 is 23.4 Å². The van der Waals surface area contributed by atoms with Gasteiger partial charge in [0.15, 0.2) is 5.16 Å². The molecule has 0 saturated heterocycles. The van der Waals surface area contributed by atoms with E-state index in [1.807, 2.05) is 43.3 Å². The monoisotopic (exact) mass is 412 g/mol. The highest BCUT2D eigenvalue weighted by Gasteiger charge is 2.37. The van der Waals surface area contributed by atoms with E-state index in [0.29, 0.717) is 22.4 Å². The predicted molar refractivity (Wildman–Crippen MR) is 108 cm³/mol. The minimum atomic E-state index is -0.395. The molecular weight excluding hydrogens is 396 g/mol. The molecule has 6 nitrogen and oxygen atoms in total. The zero-order chi connectivity index (χ0) is 19.5. The molecule has 0 N–H and O–H groups in total. The molecule has 1 aliphatic rings. The van der Waals surface area contributed by atoms with Crippen LogP contribution < -0.4 is 0 Å². The summed E-state index contributed by atoms with van der Waals surface area (Å²) in [6.07, 6.45) is 5.49. The highest BCUT2D eigenvalue weighted by molar-refractivity contribution is 8.00. The summed E-state index contributed by atoms with van der Waals surface area (Å²) in [5.74, 6) is 0.581. The molecule has 0 aliphatic carbocycles. The molecule has 4 rings (SSSR count). The Morgan fingerprint density at radius 2 is 1.96 bits per heavy atom. The van der Waals surface area contributed by atoms with E-state index in [-0.39, 0.29) is 11.9 Å².